The van der Waals surface area contributed by atoms with E-state index in [0.29, 0.717) is 34.8 Å². The summed E-state index contributed by atoms with van der Waals surface area (Å²) in [6.07, 6.45) is 7.35. The molecule has 0 spiro atoms. The second-order valence-electron chi connectivity index (χ2n) is 10.2. The fourth-order valence-corrected chi connectivity index (χ4v) is 5.90. The van der Waals surface area contributed by atoms with Crippen LogP contribution in [0.3, 0.4) is 0 Å². The van der Waals surface area contributed by atoms with Gasteiger partial charge in [-0.1, -0.05) is 25.8 Å². The van der Waals surface area contributed by atoms with Gasteiger partial charge in [-0.25, -0.2) is 14.4 Å². The second kappa shape index (κ2) is 9.52. The number of methoxy groups -OCH3 is 2. The molecule has 0 radical (unpaired) electrons. The molecule has 9 heteroatoms. The first-order chi connectivity index (χ1) is 17.3. The Morgan fingerprint density at radius 2 is 1.92 bits per heavy atom. The molecule has 2 aromatic heterocycles. The molecule has 2 aliphatic rings. The van der Waals surface area contributed by atoms with E-state index in [1.807, 2.05) is 18.0 Å². The Morgan fingerprint density at radius 1 is 1.08 bits per heavy atom. The summed E-state index contributed by atoms with van der Waals surface area (Å²) < 4.78 is 26.1. The third-order valence-electron chi connectivity index (χ3n) is 7.91. The molecule has 1 aromatic carbocycles. The number of alkyl halides is 1. The topological polar surface area (TPSA) is 93.5 Å². The molecular weight excluding hydrogens is 461 g/mol. The van der Waals surface area contributed by atoms with Gasteiger partial charge in [0, 0.05) is 24.2 Å². The van der Waals surface area contributed by atoms with Crippen LogP contribution in [0.5, 0.6) is 17.4 Å². The van der Waals surface area contributed by atoms with Gasteiger partial charge < -0.3 is 19.5 Å². The summed E-state index contributed by atoms with van der Waals surface area (Å²) >= 11 is 0. The zero-order valence-electron chi connectivity index (χ0n) is 21.1. The first-order valence-corrected chi connectivity index (χ1v) is 12.3. The maximum atomic E-state index is 15.5. The highest BCUT2D eigenvalue weighted by atomic mass is 19.1. The first kappa shape index (κ1) is 24.2. The SMILES string of the molecule is COc1cc(-c2ccc(-c3ncc(N(C)[C@@H]4C[C@H]5CCC[C@](C)(C5)[C@@H]4F)nn3)c(O)c2)cnc1OC. The van der Waals surface area contributed by atoms with Gasteiger partial charge in [0.25, 0.3) is 5.88 Å². The number of hydrogen-bond donors (Lipinski definition) is 1. The average Bonchev–Trinajstić information content (AvgIpc) is 2.90. The van der Waals surface area contributed by atoms with E-state index in [9.17, 15) is 5.11 Å². The van der Waals surface area contributed by atoms with Crippen LogP contribution in [-0.4, -0.2) is 58.8 Å². The highest BCUT2D eigenvalue weighted by Crippen LogP contribution is 2.51. The zero-order valence-corrected chi connectivity index (χ0v) is 21.1. The minimum absolute atomic E-state index is 0.0158. The van der Waals surface area contributed by atoms with E-state index in [0.717, 1.165) is 36.8 Å². The molecule has 4 atom stereocenters. The highest BCUT2D eigenvalue weighted by Gasteiger charge is 2.49. The van der Waals surface area contributed by atoms with Crippen LogP contribution in [-0.2, 0) is 0 Å². The highest BCUT2D eigenvalue weighted by molar-refractivity contribution is 5.73. The molecule has 2 bridgehead atoms. The predicted molar refractivity (Wildman–Crippen MR) is 135 cm³/mol. The van der Waals surface area contributed by atoms with E-state index in [1.54, 1.807) is 37.7 Å². The van der Waals surface area contributed by atoms with Gasteiger partial charge in [-0.3, -0.25) is 0 Å². The minimum atomic E-state index is -0.914. The van der Waals surface area contributed by atoms with Gasteiger partial charge >= 0.3 is 0 Å². The minimum Gasteiger partial charge on any atom is -0.507 e. The number of ether oxygens (including phenoxy) is 2. The number of nitrogens with zero attached hydrogens (tertiary/aromatic N) is 5. The van der Waals surface area contributed by atoms with Crippen molar-refractivity contribution in [2.45, 2.75) is 51.2 Å². The number of benzene rings is 1. The molecule has 190 valence electrons. The Bertz CT molecular complexity index is 1240. The summed E-state index contributed by atoms with van der Waals surface area (Å²) in [4.78, 5) is 10.6. The Kier molecular flexibility index (Phi) is 6.40. The van der Waals surface area contributed by atoms with Gasteiger partial charge in [-0.05, 0) is 48.9 Å². The van der Waals surface area contributed by atoms with Crippen molar-refractivity contribution in [3.8, 4) is 39.9 Å². The molecule has 2 fully saturated rings. The number of hydrogen-bond acceptors (Lipinski definition) is 8. The molecule has 3 aromatic rings. The standard InChI is InChI=1S/C27H32FN5O3/c1-27-9-5-6-16(13-27)10-20(24(27)28)33(2)23-15-29-25(32-31-23)19-8-7-17(11-21(19)34)18-12-22(35-3)26(36-4)30-14-18/h7-8,11-12,14-16,20,24,34H,5-6,9-10,13H2,1-4H3/t16-,20-,24-,27-/m1/s1. The van der Waals surface area contributed by atoms with Gasteiger partial charge in [-0.15, -0.1) is 10.2 Å². The summed E-state index contributed by atoms with van der Waals surface area (Å²) in [5, 5.41) is 19.3. The number of fused-ring (bicyclic) bond motifs is 2. The lowest BCUT2D eigenvalue weighted by molar-refractivity contribution is -0.0109. The number of aromatic nitrogens is 4. The Hall–Kier alpha value is -3.49. The maximum absolute atomic E-state index is 15.5. The lowest BCUT2D eigenvalue weighted by Gasteiger charge is -2.51. The lowest BCUT2D eigenvalue weighted by atomic mass is 9.60. The van der Waals surface area contributed by atoms with E-state index >= 15 is 4.39 Å². The van der Waals surface area contributed by atoms with Crippen molar-refractivity contribution in [3.05, 3.63) is 36.7 Å². The number of pyridine rings is 1. The molecule has 36 heavy (non-hydrogen) atoms. The molecule has 2 saturated carbocycles. The van der Waals surface area contributed by atoms with Crippen molar-refractivity contribution < 1.29 is 19.0 Å². The van der Waals surface area contributed by atoms with Crippen LogP contribution in [0.2, 0.25) is 0 Å². The van der Waals surface area contributed by atoms with Gasteiger partial charge in [0.1, 0.15) is 11.9 Å². The van der Waals surface area contributed by atoms with E-state index in [4.69, 9.17) is 9.47 Å². The number of phenols is 1. The van der Waals surface area contributed by atoms with Crippen molar-refractivity contribution in [1.82, 2.24) is 20.2 Å². The summed E-state index contributed by atoms with van der Waals surface area (Å²) in [7, 11) is 4.94. The molecule has 2 heterocycles. The lowest BCUT2D eigenvalue weighted by Crippen LogP contribution is -2.54. The first-order valence-electron chi connectivity index (χ1n) is 12.3. The smallest absolute Gasteiger partial charge is 0.256 e. The fraction of sp³-hybridized carbons (Fsp3) is 0.481. The molecule has 0 aliphatic heterocycles. The number of rotatable bonds is 6. The quantitative estimate of drug-likeness (QED) is 0.509. The van der Waals surface area contributed by atoms with E-state index in [-0.39, 0.29) is 17.2 Å². The van der Waals surface area contributed by atoms with Crippen molar-refractivity contribution in [3.63, 3.8) is 0 Å². The van der Waals surface area contributed by atoms with Crippen LogP contribution in [0, 0.1) is 11.3 Å². The Morgan fingerprint density at radius 3 is 2.61 bits per heavy atom. The number of halogens is 1. The summed E-state index contributed by atoms with van der Waals surface area (Å²) in [5.41, 5.74) is 1.70. The second-order valence-corrected chi connectivity index (χ2v) is 10.2. The Balaban J connectivity index is 1.36. The third-order valence-corrected chi connectivity index (χ3v) is 7.91. The van der Waals surface area contributed by atoms with Crippen molar-refractivity contribution >= 4 is 5.82 Å². The zero-order chi connectivity index (χ0) is 25.4. The van der Waals surface area contributed by atoms with Crippen molar-refractivity contribution in [2.24, 2.45) is 11.3 Å². The number of phenolic OH excluding ortho intramolecular Hbond substituents is 1. The summed E-state index contributed by atoms with van der Waals surface area (Å²) in [5.74, 6) is 2.28. The van der Waals surface area contributed by atoms with Crippen LogP contribution in [0.1, 0.15) is 39.0 Å². The molecule has 0 unspecified atom stereocenters. The van der Waals surface area contributed by atoms with E-state index in [1.165, 1.54) is 13.5 Å². The molecule has 0 amide bonds. The van der Waals surface area contributed by atoms with E-state index < -0.39 is 6.17 Å². The van der Waals surface area contributed by atoms with Crippen LogP contribution >= 0.6 is 0 Å². The normalized spacial score (nSPS) is 25.3. The van der Waals surface area contributed by atoms with Gasteiger partial charge in [0.15, 0.2) is 17.4 Å². The van der Waals surface area contributed by atoms with Crippen LogP contribution in [0.4, 0.5) is 10.2 Å². The van der Waals surface area contributed by atoms with E-state index in [2.05, 4.69) is 27.1 Å². The van der Waals surface area contributed by atoms with Gasteiger partial charge in [0.05, 0.1) is 32.0 Å². The van der Waals surface area contributed by atoms with Crippen molar-refractivity contribution in [1.29, 1.82) is 0 Å². The summed E-state index contributed by atoms with van der Waals surface area (Å²) in [6, 6.07) is 6.76. The molecule has 1 N–H and O–H groups in total. The Labute approximate surface area is 210 Å². The molecule has 8 nitrogen and oxygen atoms in total. The third kappa shape index (κ3) is 4.31. The molecule has 5 rings (SSSR count). The molecular formula is C27H32FN5O3. The van der Waals surface area contributed by atoms with Crippen LogP contribution in [0.25, 0.3) is 22.5 Å². The van der Waals surface area contributed by atoms with Crippen LogP contribution < -0.4 is 14.4 Å². The van der Waals surface area contributed by atoms with Gasteiger partial charge in [-0.2, -0.15) is 0 Å². The maximum Gasteiger partial charge on any atom is 0.256 e. The summed E-state index contributed by atoms with van der Waals surface area (Å²) in [6.45, 7) is 2.08. The molecule has 0 saturated heterocycles. The predicted octanol–water partition coefficient (Wildman–Crippen LogP) is 5.07. The number of aromatic hydroxyl groups is 1. The largest absolute Gasteiger partial charge is 0.507 e. The monoisotopic (exact) mass is 493 g/mol. The number of anilines is 1. The van der Waals surface area contributed by atoms with Crippen molar-refractivity contribution in [2.75, 3.05) is 26.2 Å². The fourth-order valence-electron chi connectivity index (χ4n) is 5.90. The van der Waals surface area contributed by atoms with Gasteiger partial charge in [0.2, 0.25) is 0 Å². The van der Waals surface area contributed by atoms with Crippen LogP contribution in [0.15, 0.2) is 36.7 Å². The molecule has 2 aliphatic carbocycles. The average molecular weight is 494 g/mol.